The van der Waals surface area contributed by atoms with Crippen LogP contribution in [0.25, 0.3) is 10.9 Å². The minimum atomic E-state index is -1.01. The van der Waals surface area contributed by atoms with Crippen molar-refractivity contribution in [2.45, 2.75) is 18.9 Å². The fourth-order valence-electron chi connectivity index (χ4n) is 2.61. The van der Waals surface area contributed by atoms with E-state index in [4.69, 9.17) is 11.6 Å². The van der Waals surface area contributed by atoms with E-state index in [1.165, 1.54) is 18.5 Å². The van der Waals surface area contributed by atoms with E-state index in [1.807, 2.05) is 22.9 Å². The molecule has 1 fully saturated rings. The van der Waals surface area contributed by atoms with Gasteiger partial charge in [0, 0.05) is 16.6 Å². The van der Waals surface area contributed by atoms with Crippen LogP contribution in [0.5, 0.6) is 0 Å². The van der Waals surface area contributed by atoms with Gasteiger partial charge in [-0.15, -0.1) is 0 Å². The molecule has 116 valence electrons. The standard InChI is InChI=1S/C16H13ClN4O2/c17-9-1-4-14-12(7-9)15(20-21(14)10-2-3-10)19-13-8-18-6-5-11(13)16(22)23/h1,4-8,10H,2-3H2,(H,19,20)(H,22,23). The number of fused-ring (bicyclic) bond motifs is 1. The van der Waals surface area contributed by atoms with E-state index in [9.17, 15) is 9.90 Å². The molecule has 0 unspecified atom stereocenters. The minimum absolute atomic E-state index is 0.149. The number of halogens is 1. The van der Waals surface area contributed by atoms with Gasteiger partial charge in [-0.1, -0.05) is 11.6 Å². The molecule has 3 aromatic rings. The fourth-order valence-corrected chi connectivity index (χ4v) is 2.78. The largest absolute Gasteiger partial charge is 0.478 e. The lowest BCUT2D eigenvalue weighted by Crippen LogP contribution is -2.04. The molecule has 4 rings (SSSR count). The minimum Gasteiger partial charge on any atom is -0.478 e. The van der Waals surface area contributed by atoms with Gasteiger partial charge in [0.15, 0.2) is 5.82 Å². The van der Waals surface area contributed by atoms with Gasteiger partial charge in [-0.05, 0) is 37.1 Å². The number of rotatable bonds is 4. The maximum absolute atomic E-state index is 11.3. The highest BCUT2D eigenvalue weighted by Gasteiger charge is 2.27. The molecule has 0 atom stereocenters. The van der Waals surface area contributed by atoms with Crippen molar-refractivity contribution < 1.29 is 9.90 Å². The second-order valence-electron chi connectivity index (χ2n) is 5.54. The lowest BCUT2D eigenvalue weighted by Gasteiger charge is -2.06. The lowest BCUT2D eigenvalue weighted by molar-refractivity contribution is 0.0698. The molecular formula is C16H13ClN4O2. The van der Waals surface area contributed by atoms with Crippen LogP contribution in [0, 0.1) is 0 Å². The van der Waals surface area contributed by atoms with Gasteiger partial charge in [0.1, 0.15) is 0 Å². The van der Waals surface area contributed by atoms with Gasteiger partial charge in [0.25, 0.3) is 0 Å². The fraction of sp³-hybridized carbons (Fsp3) is 0.188. The van der Waals surface area contributed by atoms with Crippen molar-refractivity contribution in [2.24, 2.45) is 0 Å². The summed E-state index contributed by atoms with van der Waals surface area (Å²) < 4.78 is 1.98. The maximum Gasteiger partial charge on any atom is 0.337 e. The first kappa shape index (κ1) is 14.0. The van der Waals surface area contributed by atoms with E-state index in [-0.39, 0.29) is 5.56 Å². The maximum atomic E-state index is 11.3. The molecule has 6 nitrogen and oxygen atoms in total. The number of hydrogen-bond donors (Lipinski definition) is 2. The molecule has 23 heavy (non-hydrogen) atoms. The number of anilines is 2. The quantitative estimate of drug-likeness (QED) is 0.760. The highest BCUT2D eigenvalue weighted by Crippen LogP contribution is 2.39. The number of carboxylic acids is 1. The Morgan fingerprint density at radius 3 is 2.91 bits per heavy atom. The van der Waals surface area contributed by atoms with Crippen LogP contribution in [0.15, 0.2) is 36.7 Å². The van der Waals surface area contributed by atoms with Crippen molar-refractivity contribution in [3.63, 3.8) is 0 Å². The Morgan fingerprint density at radius 2 is 2.17 bits per heavy atom. The molecule has 1 saturated carbocycles. The molecule has 0 saturated heterocycles. The van der Waals surface area contributed by atoms with E-state index in [1.54, 1.807) is 0 Å². The van der Waals surface area contributed by atoms with Crippen molar-refractivity contribution >= 4 is 40.0 Å². The normalized spacial score (nSPS) is 14.1. The monoisotopic (exact) mass is 328 g/mol. The molecule has 0 amide bonds. The average molecular weight is 329 g/mol. The summed E-state index contributed by atoms with van der Waals surface area (Å²) in [5, 5.41) is 18.5. The Hall–Kier alpha value is -2.60. The Kier molecular flexibility index (Phi) is 3.20. The molecule has 1 aliphatic rings. The summed E-state index contributed by atoms with van der Waals surface area (Å²) in [4.78, 5) is 15.3. The average Bonchev–Trinajstić information content (AvgIpc) is 3.32. The van der Waals surface area contributed by atoms with Crippen LogP contribution < -0.4 is 5.32 Å². The molecule has 0 spiro atoms. The first-order valence-corrected chi connectivity index (χ1v) is 7.63. The zero-order valence-electron chi connectivity index (χ0n) is 12.0. The topological polar surface area (TPSA) is 80.0 Å². The third-order valence-electron chi connectivity index (χ3n) is 3.87. The first-order valence-electron chi connectivity index (χ1n) is 7.25. The summed E-state index contributed by atoms with van der Waals surface area (Å²) >= 11 is 6.11. The van der Waals surface area contributed by atoms with Crippen LogP contribution in [0.2, 0.25) is 5.02 Å². The van der Waals surface area contributed by atoms with Gasteiger partial charge < -0.3 is 10.4 Å². The van der Waals surface area contributed by atoms with Crippen molar-refractivity contribution in [1.29, 1.82) is 0 Å². The van der Waals surface area contributed by atoms with E-state index in [0.29, 0.717) is 22.6 Å². The highest BCUT2D eigenvalue weighted by molar-refractivity contribution is 6.31. The van der Waals surface area contributed by atoms with Gasteiger partial charge in [0.2, 0.25) is 0 Å². The second-order valence-corrected chi connectivity index (χ2v) is 5.97. The Labute approximate surface area is 136 Å². The van der Waals surface area contributed by atoms with Crippen LogP contribution in [0.1, 0.15) is 29.2 Å². The molecule has 0 aliphatic heterocycles. The molecule has 1 aliphatic carbocycles. The second kappa shape index (κ2) is 5.24. The summed E-state index contributed by atoms with van der Waals surface area (Å²) in [6.45, 7) is 0. The van der Waals surface area contributed by atoms with Gasteiger partial charge in [-0.25, -0.2) is 4.79 Å². The Balaban J connectivity index is 1.83. The first-order chi connectivity index (χ1) is 11.1. The summed E-state index contributed by atoms with van der Waals surface area (Å²) in [5.41, 5.74) is 1.54. The van der Waals surface area contributed by atoms with Crippen molar-refractivity contribution in [2.75, 3.05) is 5.32 Å². The predicted molar refractivity (Wildman–Crippen MR) is 87.5 cm³/mol. The van der Waals surface area contributed by atoms with Gasteiger partial charge in [-0.3, -0.25) is 9.67 Å². The number of carboxylic acid groups (broad SMARTS) is 1. The summed E-state index contributed by atoms with van der Waals surface area (Å²) in [7, 11) is 0. The zero-order valence-corrected chi connectivity index (χ0v) is 12.8. The SMILES string of the molecule is O=C(O)c1ccncc1Nc1nn(C2CC2)c2ccc(Cl)cc12. The highest BCUT2D eigenvalue weighted by atomic mass is 35.5. The Bertz CT molecular complexity index is 918. The smallest absolute Gasteiger partial charge is 0.337 e. The van der Waals surface area contributed by atoms with Crippen LogP contribution >= 0.6 is 11.6 Å². The van der Waals surface area contributed by atoms with Crippen molar-refractivity contribution in [3.8, 4) is 0 Å². The molecule has 2 heterocycles. The molecule has 2 N–H and O–H groups in total. The third kappa shape index (κ3) is 2.51. The lowest BCUT2D eigenvalue weighted by atomic mass is 10.2. The molecule has 1 aromatic carbocycles. The molecule has 0 radical (unpaired) electrons. The zero-order chi connectivity index (χ0) is 16.0. The van der Waals surface area contributed by atoms with E-state index < -0.39 is 5.97 Å². The van der Waals surface area contributed by atoms with Gasteiger partial charge in [-0.2, -0.15) is 5.10 Å². The van der Waals surface area contributed by atoms with Crippen LogP contribution in [-0.4, -0.2) is 25.8 Å². The summed E-state index contributed by atoms with van der Waals surface area (Å²) in [5.74, 6) is -0.427. The van der Waals surface area contributed by atoms with Crippen LogP contribution in [-0.2, 0) is 0 Å². The molecule has 2 aromatic heterocycles. The number of carbonyl (C=O) groups is 1. The summed E-state index contributed by atoms with van der Waals surface area (Å²) in [6, 6.07) is 7.47. The predicted octanol–water partition coefficient (Wildman–Crippen LogP) is 3.86. The van der Waals surface area contributed by atoms with Crippen molar-refractivity contribution in [1.82, 2.24) is 14.8 Å². The number of nitrogens with one attached hydrogen (secondary N) is 1. The van der Waals surface area contributed by atoms with E-state index in [0.717, 1.165) is 23.7 Å². The van der Waals surface area contributed by atoms with Gasteiger partial charge >= 0.3 is 5.97 Å². The number of aromatic carboxylic acids is 1. The van der Waals surface area contributed by atoms with Crippen LogP contribution in [0.4, 0.5) is 11.5 Å². The molecule has 7 heteroatoms. The number of pyridine rings is 1. The van der Waals surface area contributed by atoms with Crippen molar-refractivity contribution in [3.05, 3.63) is 47.2 Å². The Morgan fingerprint density at radius 1 is 1.35 bits per heavy atom. The van der Waals surface area contributed by atoms with Gasteiger partial charge in [0.05, 0.1) is 29.0 Å². The van der Waals surface area contributed by atoms with Crippen LogP contribution in [0.3, 0.4) is 0 Å². The van der Waals surface area contributed by atoms with E-state index in [2.05, 4.69) is 15.4 Å². The molecular weight excluding hydrogens is 316 g/mol. The number of aromatic nitrogens is 3. The number of nitrogens with zero attached hydrogens (tertiary/aromatic N) is 3. The van der Waals surface area contributed by atoms with E-state index >= 15 is 0 Å². The number of hydrogen-bond acceptors (Lipinski definition) is 4. The number of benzene rings is 1. The summed E-state index contributed by atoms with van der Waals surface area (Å²) in [6.07, 6.45) is 5.14. The molecule has 0 bridgehead atoms. The third-order valence-corrected chi connectivity index (χ3v) is 4.10.